The lowest BCUT2D eigenvalue weighted by atomic mass is 9.94. The molecule has 0 saturated heterocycles. The fourth-order valence-corrected chi connectivity index (χ4v) is 5.39. The highest BCUT2D eigenvalue weighted by Crippen LogP contribution is 2.33. The van der Waals surface area contributed by atoms with Crippen LogP contribution in [0.5, 0.6) is 0 Å². The molecule has 6 rings (SSSR count). The molecule has 188 valence electrons. The van der Waals surface area contributed by atoms with Gasteiger partial charge in [-0.1, -0.05) is 17.7 Å². The number of rotatable bonds is 5. The van der Waals surface area contributed by atoms with Crippen LogP contribution in [0.3, 0.4) is 0 Å². The first-order valence-electron chi connectivity index (χ1n) is 12.3. The lowest BCUT2D eigenvalue weighted by Crippen LogP contribution is -2.39. The molecule has 36 heavy (non-hydrogen) atoms. The van der Waals surface area contributed by atoms with E-state index in [1.165, 1.54) is 16.7 Å². The van der Waals surface area contributed by atoms with Gasteiger partial charge in [-0.15, -0.1) is 12.4 Å². The Morgan fingerprint density at radius 3 is 2.78 bits per heavy atom. The summed E-state index contributed by atoms with van der Waals surface area (Å²) in [6.07, 6.45) is 3.86. The summed E-state index contributed by atoms with van der Waals surface area (Å²) in [5.41, 5.74) is 6.85. The Morgan fingerprint density at radius 1 is 1.17 bits per heavy atom. The normalized spacial score (nSPS) is 16.7. The van der Waals surface area contributed by atoms with Gasteiger partial charge in [0.15, 0.2) is 5.69 Å². The van der Waals surface area contributed by atoms with Crippen LogP contribution in [0, 0.1) is 12.8 Å². The third-order valence-electron chi connectivity index (χ3n) is 7.26. The Bertz CT molecular complexity index is 1350. The second kappa shape index (κ2) is 9.88. The number of halogens is 2. The number of anilines is 1. The standard InChI is InChI=1S/C27H28ClN5O2.ClH/c1-16-11-21(12-18-15-29-9-7-22(16)18)32-10-8-23-24(26(34)30-14-17-5-6-17)31-33(25(23)27(32)35)20-4-2-3-19(28)13-20;/h2-4,11-13,17,29H,5-10,14-15H2,1H3,(H,30,34);1H. The predicted molar refractivity (Wildman–Crippen MR) is 143 cm³/mol. The average molecular weight is 526 g/mol. The van der Waals surface area contributed by atoms with Crippen molar-refractivity contribution in [3.63, 3.8) is 0 Å². The number of carbonyl (C=O) groups is 2. The van der Waals surface area contributed by atoms with Gasteiger partial charge in [-0.25, -0.2) is 4.68 Å². The Balaban J connectivity index is 0.00000267. The Kier molecular flexibility index (Phi) is 6.81. The van der Waals surface area contributed by atoms with Crippen LogP contribution in [0.2, 0.25) is 5.02 Å². The van der Waals surface area contributed by atoms with Gasteiger partial charge >= 0.3 is 0 Å². The number of aromatic nitrogens is 2. The van der Waals surface area contributed by atoms with Crippen LogP contribution < -0.4 is 15.5 Å². The smallest absolute Gasteiger partial charge is 0.277 e. The second-order valence-electron chi connectivity index (χ2n) is 9.75. The van der Waals surface area contributed by atoms with Crippen LogP contribution in [-0.2, 0) is 19.4 Å². The number of nitrogens with zero attached hydrogens (tertiary/aromatic N) is 3. The van der Waals surface area contributed by atoms with Crippen molar-refractivity contribution in [3.8, 4) is 5.69 Å². The van der Waals surface area contributed by atoms with Crippen molar-refractivity contribution < 1.29 is 9.59 Å². The molecule has 2 aliphatic heterocycles. The first-order valence-corrected chi connectivity index (χ1v) is 12.7. The zero-order valence-electron chi connectivity index (χ0n) is 20.1. The highest BCUT2D eigenvalue weighted by molar-refractivity contribution is 6.30. The van der Waals surface area contributed by atoms with Crippen molar-refractivity contribution in [2.75, 3.05) is 24.5 Å². The number of benzene rings is 2. The van der Waals surface area contributed by atoms with Crippen molar-refractivity contribution in [2.24, 2.45) is 5.92 Å². The monoisotopic (exact) mass is 525 g/mol. The molecule has 1 fully saturated rings. The summed E-state index contributed by atoms with van der Waals surface area (Å²) in [6, 6.07) is 11.5. The molecule has 3 aliphatic rings. The van der Waals surface area contributed by atoms with Crippen molar-refractivity contribution in [1.82, 2.24) is 20.4 Å². The summed E-state index contributed by atoms with van der Waals surface area (Å²) in [4.78, 5) is 28.9. The van der Waals surface area contributed by atoms with Crippen LogP contribution >= 0.6 is 24.0 Å². The lowest BCUT2D eigenvalue weighted by Gasteiger charge is -2.30. The average Bonchev–Trinajstić information content (AvgIpc) is 3.60. The van der Waals surface area contributed by atoms with E-state index in [1.54, 1.807) is 16.8 Å². The Hall–Kier alpha value is -2.87. The van der Waals surface area contributed by atoms with Crippen molar-refractivity contribution in [2.45, 2.75) is 39.2 Å². The van der Waals surface area contributed by atoms with E-state index < -0.39 is 0 Å². The summed E-state index contributed by atoms with van der Waals surface area (Å²) >= 11 is 6.26. The van der Waals surface area contributed by atoms with E-state index >= 15 is 0 Å². The van der Waals surface area contributed by atoms with Crippen LogP contribution in [0.1, 0.15) is 56.1 Å². The molecule has 1 aromatic heterocycles. The van der Waals surface area contributed by atoms with E-state index in [1.807, 2.05) is 17.0 Å². The largest absolute Gasteiger partial charge is 0.350 e. The molecule has 3 heterocycles. The minimum atomic E-state index is -0.217. The van der Waals surface area contributed by atoms with Gasteiger partial charge in [-0.3, -0.25) is 9.59 Å². The van der Waals surface area contributed by atoms with E-state index in [2.05, 4.69) is 34.8 Å². The molecule has 2 amide bonds. The molecular weight excluding hydrogens is 497 g/mol. The first-order chi connectivity index (χ1) is 17.0. The van der Waals surface area contributed by atoms with E-state index in [0.717, 1.165) is 38.0 Å². The summed E-state index contributed by atoms with van der Waals surface area (Å²) in [5, 5.41) is 11.6. The Morgan fingerprint density at radius 2 is 2.00 bits per heavy atom. The lowest BCUT2D eigenvalue weighted by molar-refractivity contribution is 0.0945. The minimum Gasteiger partial charge on any atom is -0.350 e. The third-order valence-corrected chi connectivity index (χ3v) is 7.50. The van der Waals surface area contributed by atoms with Crippen LogP contribution in [0.4, 0.5) is 5.69 Å². The van der Waals surface area contributed by atoms with E-state index in [9.17, 15) is 9.59 Å². The minimum absolute atomic E-state index is 0. The Labute approximate surface area is 221 Å². The molecule has 0 bridgehead atoms. The highest BCUT2D eigenvalue weighted by Gasteiger charge is 2.36. The van der Waals surface area contributed by atoms with Gasteiger partial charge in [0.2, 0.25) is 0 Å². The molecule has 7 nitrogen and oxygen atoms in total. The topological polar surface area (TPSA) is 79.3 Å². The van der Waals surface area contributed by atoms with E-state index in [4.69, 9.17) is 11.6 Å². The van der Waals surface area contributed by atoms with Crippen LogP contribution in [0.15, 0.2) is 36.4 Å². The maximum atomic E-state index is 14.0. The number of hydrogen-bond donors (Lipinski definition) is 2. The molecule has 0 spiro atoms. The van der Waals surface area contributed by atoms with Crippen molar-refractivity contribution >= 4 is 41.5 Å². The number of fused-ring (bicyclic) bond motifs is 2. The number of aryl methyl sites for hydroxylation is 1. The van der Waals surface area contributed by atoms with Crippen molar-refractivity contribution in [3.05, 3.63) is 75.1 Å². The van der Waals surface area contributed by atoms with E-state index in [0.29, 0.717) is 53.1 Å². The summed E-state index contributed by atoms with van der Waals surface area (Å²) in [5.74, 6) is 0.192. The summed E-state index contributed by atoms with van der Waals surface area (Å²) in [6.45, 7) is 5.06. The number of amides is 2. The zero-order valence-corrected chi connectivity index (χ0v) is 21.7. The van der Waals surface area contributed by atoms with E-state index in [-0.39, 0.29) is 24.2 Å². The summed E-state index contributed by atoms with van der Waals surface area (Å²) in [7, 11) is 0. The second-order valence-corrected chi connectivity index (χ2v) is 10.2. The van der Waals surface area contributed by atoms with Crippen LogP contribution in [0.25, 0.3) is 5.69 Å². The number of carbonyl (C=O) groups excluding carboxylic acids is 2. The highest BCUT2D eigenvalue weighted by atomic mass is 35.5. The maximum absolute atomic E-state index is 14.0. The molecule has 0 unspecified atom stereocenters. The molecule has 2 N–H and O–H groups in total. The molecule has 2 aromatic carbocycles. The fourth-order valence-electron chi connectivity index (χ4n) is 5.20. The van der Waals surface area contributed by atoms with Gasteiger partial charge < -0.3 is 15.5 Å². The molecule has 1 saturated carbocycles. The molecule has 0 atom stereocenters. The molecule has 1 aliphatic carbocycles. The van der Waals surface area contributed by atoms with Gasteiger partial charge in [0.25, 0.3) is 11.8 Å². The van der Waals surface area contributed by atoms with Crippen molar-refractivity contribution in [1.29, 1.82) is 0 Å². The first kappa shape index (κ1) is 24.8. The SMILES string of the molecule is Cc1cc(N2CCc3c(C(=O)NCC4CC4)nn(-c4cccc(Cl)c4)c3C2=O)cc2c1CCNC2.Cl. The third kappa shape index (κ3) is 4.51. The van der Waals surface area contributed by atoms with Gasteiger partial charge in [-0.2, -0.15) is 5.10 Å². The van der Waals surface area contributed by atoms with Crippen LogP contribution in [-0.4, -0.2) is 41.2 Å². The zero-order chi connectivity index (χ0) is 24.1. The van der Waals surface area contributed by atoms with Gasteiger partial charge in [0.1, 0.15) is 5.69 Å². The van der Waals surface area contributed by atoms with Gasteiger partial charge in [0, 0.05) is 35.9 Å². The maximum Gasteiger partial charge on any atom is 0.277 e. The number of hydrogen-bond acceptors (Lipinski definition) is 4. The molecule has 9 heteroatoms. The molecule has 0 radical (unpaired) electrons. The van der Waals surface area contributed by atoms with Gasteiger partial charge in [-0.05, 0) is 92.1 Å². The number of nitrogens with one attached hydrogen (secondary N) is 2. The molecule has 3 aromatic rings. The fraction of sp³-hybridized carbons (Fsp3) is 0.370. The van der Waals surface area contributed by atoms with Gasteiger partial charge in [0.05, 0.1) is 5.69 Å². The summed E-state index contributed by atoms with van der Waals surface area (Å²) < 4.78 is 1.59. The quantitative estimate of drug-likeness (QED) is 0.521. The predicted octanol–water partition coefficient (Wildman–Crippen LogP) is 4.24. The molecular formula is C27H29Cl2N5O2.